The van der Waals surface area contributed by atoms with Crippen LogP contribution in [0.2, 0.25) is 0 Å². The molecule has 0 aromatic heterocycles. The van der Waals surface area contributed by atoms with Crippen LogP contribution in [-0.4, -0.2) is 11.1 Å². The van der Waals surface area contributed by atoms with Gasteiger partial charge in [0.2, 0.25) is 11.1 Å². The fourth-order valence-corrected chi connectivity index (χ4v) is 3.93. The molecular weight excluding hydrogens is 701 g/mol. The highest BCUT2D eigenvalue weighted by Gasteiger charge is 2.17. The van der Waals surface area contributed by atoms with Gasteiger partial charge in [0, 0.05) is 41.0 Å². The first kappa shape index (κ1) is 71.5. The Morgan fingerprint density at radius 1 is 0.466 bits per heavy atom. The van der Waals surface area contributed by atoms with Crippen molar-refractivity contribution in [2.75, 3.05) is 0 Å². The van der Waals surface area contributed by atoms with E-state index in [0.29, 0.717) is 16.2 Å². The molecule has 0 amide bonds. The van der Waals surface area contributed by atoms with Gasteiger partial charge in [0.1, 0.15) is 0 Å². The highest BCUT2D eigenvalue weighted by Crippen LogP contribution is 2.26. The van der Waals surface area contributed by atoms with E-state index < -0.39 is 0 Å². The maximum atomic E-state index is 6.63. The second kappa shape index (κ2) is 42.7. The molecule has 0 aromatic rings. The van der Waals surface area contributed by atoms with E-state index in [1.165, 1.54) is 103 Å². The molecule has 3 aliphatic rings. The van der Waals surface area contributed by atoms with Crippen LogP contribution in [0.1, 0.15) is 296 Å². The van der Waals surface area contributed by atoms with Crippen molar-refractivity contribution >= 4 is 0 Å². The van der Waals surface area contributed by atoms with Gasteiger partial charge in [0.05, 0.1) is 0 Å². The molecule has 0 atom stereocenters. The maximum Gasteiger partial charge on any atom is 0.226 e. The largest absolute Gasteiger partial charge is 0.311 e. The molecule has 0 radical (unpaired) electrons. The Hall–Kier alpha value is -1.02. The van der Waals surface area contributed by atoms with Crippen molar-refractivity contribution in [1.29, 1.82) is 0 Å². The van der Waals surface area contributed by atoms with Crippen molar-refractivity contribution in [2.24, 2.45) is 45.8 Å². The third kappa shape index (κ3) is 117. The molecule has 3 fully saturated rings. The smallest absolute Gasteiger partial charge is 0.226 e. The van der Waals surface area contributed by atoms with Crippen LogP contribution in [0.4, 0.5) is 0 Å². The first-order chi connectivity index (χ1) is 26.0. The van der Waals surface area contributed by atoms with E-state index in [-0.39, 0.29) is 11.1 Å². The van der Waals surface area contributed by atoms with Crippen LogP contribution >= 0.6 is 0 Å². The van der Waals surface area contributed by atoms with Gasteiger partial charge in [-0.05, 0) is 45.8 Å². The van der Waals surface area contributed by atoms with Gasteiger partial charge >= 0.3 is 0 Å². The Balaban J connectivity index is -0.000000100. The molecule has 0 N–H and O–H groups in total. The molecule has 0 bridgehead atoms. The second-order valence-corrected chi connectivity index (χ2v) is 24.7. The third-order valence-corrected chi connectivity index (χ3v) is 8.97. The van der Waals surface area contributed by atoms with Gasteiger partial charge in [-0.3, -0.25) is 0 Å². The topological polar surface area (TPSA) is 8.72 Å². The van der Waals surface area contributed by atoms with Gasteiger partial charge < -0.3 is 9.69 Å². The minimum absolute atomic E-state index is 0.125. The van der Waals surface area contributed by atoms with Crippen LogP contribution in [0.3, 0.4) is 0 Å². The molecule has 0 unspecified atom stereocenters. The molecule has 2 nitrogen and oxygen atoms in total. The number of nitrogens with zero attached hydrogens (tertiary/aromatic N) is 2. The zero-order chi connectivity index (χ0) is 47.8. The Bertz CT molecular complexity index is 822. The lowest BCUT2D eigenvalue weighted by molar-refractivity contribution is 0.385. The minimum Gasteiger partial charge on any atom is -0.311 e. The first-order valence-electron chi connectivity index (χ1n) is 24.7. The zero-order valence-corrected chi connectivity index (χ0v) is 46.3. The van der Waals surface area contributed by atoms with E-state index in [1.54, 1.807) is 0 Å². The predicted molar refractivity (Wildman–Crippen MR) is 275 cm³/mol. The lowest BCUT2D eigenvalue weighted by Crippen LogP contribution is -2.10. The summed E-state index contributed by atoms with van der Waals surface area (Å²) in [4.78, 5) is 6.66. The van der Waals surface area contributed by atoms with E-state index in [0.717, 1.165) is 36.0 Å². The number of rotatable bonds is 3. The molecule has 0 heterocycles. The van der Waals surface area contributed by atoms with Gasteiger partial charge in [-0.25, -0.2) is 13.1 Å². The average Bonchev–Trinajstić information content (AvgIpc) is 3.79. The fourth-order valence-electron chi connectivity index (χ4n) is 3.93. The van der Waals surface area contributed by atoms with Gasteiger partial charge in [0.15, 0.2) is 0 Å². The van der Waals surface area contributed by atoms with E-state index in [9.17, 15) is 0 Å². The summed E-state index contributed by atoms with van der Waals surface area (Å²) >= 11 is 0. The third-order valence-electron chi connectivity index (χ3n) is 8.97. The van der Waals surface area contributed by atoms with Crippen molar-refractivity contribution in [3.05, 3.63) is 22.8 Å². The fraction of sp³-hybridized carbons (Fsp3) is 0.964. The van der Waals surface area contributed by atoms with E-state index in [4.69, 9.17) is 13.1 Å². The Morgan fingerprint density at radius 2 is 0.690 bits per heavy atom. The lowest BCUT2D eigenvalue weighted by Gasteiger charge is -2.15. The molecule has 3 saturated carbocycles. The average molecular weight is 822 g/mol. The summed E-state index contributed by atoms with van der Waals surface area (Å²) in [6, 6.07) is 0. The Kier molecular flexibility index (Phi) is 52.6. The van der Waals surface area contributed by atoms with Gasteiger partial charge in [-0.1, -0.05) is 255 Å². The maximum absolute atomic E-state index is 6.63. The van der Waals surface area contributed by atoms with Crippen LogP contribution in [0, 0.1) is 59.0 Å². The van der Waals surface area contributed by atoms with Crippen LogP contribution in [-0.2, 0) is 0 Å². The summed E-state index contributed by atoms with van der Waals surface area (Å²) in [5.41, 5.74) is 1.25. The monoisotopic (exact) mass is 821 g/mol. The van der Waals surface area contributed by atoms with E-state index >= 15 is 0 Å². The predicted octanol–water partition coefficient (Wildman–Crippen LogP) is 21.4. The SMILES string of the molecule is CC(C)(C)C.CC(C)(C)C.CC(C)C.CC1CCCC1.CC1CCCCC1.CCC(C)(C)C.CCC(C)C.CCC1CCCC1.[C-]#[N+]C(C)(C)C.[C-]#[N+]C(C)(C)CC. The zero-order valence-electron chi connectivity index (χ0n) is 46.3. The highest BCUT2D eigenvalue weighted by molar-refractivity contribution is 4.87. The normalized spacial score (nSPS) is 15.6. The molecule has 0 aromatic carbocycles. The molecule has 3 rings (SSSR count). The summed E-state index contributed by atoms with van der Waals surface area (Å²) in [7, 11) is 0. The van der Waals surface area contributed by atoms with E-state index in [2.05, 4.69) is 155 Å². The van der Waals surface area contributed by atoms with Crippen LogP contribution in [0.5, 0.6) is 0 Å². The summed E-state index contributed by atoms with van der Waals surface area (Å²) < 4.78 is 0. The van der Waals surface area contributed by atoms with Crippen LogP contribution in [0.15, 0.2) is 0 Å². The standard InChI is InChI=1S/2C7H14.C6H11N.C6H12.C6H14.C5H9N.3C5H12.C4H10/c1-7-5-3-2-4-6-7;1-2-7-5-3-4-6-7;1-5-6(2,3)7-4;1-6-4-2-3-5-6;1-5-6(2,3)4;1-5(2,3)6-4;2*1-5(2,3)4;1-4-5(2)3;1-4(2)3/h2*7H,2-6H2,1H3;5H2,1-3H3;6H,2-5H2,1H3;5H2,1-4H3;1-3H3;2*1-4H3;5H,4H2,1-3H3;4H,1-3H3. The summed E-state index contributed by atoms with van der Waals surface area (Å²) in [6.45, 7) is 71.3. The van der Waals surface area contributed by atoms with E-state index in [1.807, 2.05) is 41.5 Å². The Labute approximate surface area is 374 Å². The van der Waals surface area contributed by atoms with Crippen LogP contribution in [0.25, 0.3) is 9.69 Å². The van der Waals surface area contributed by atoms with Crippen molar-refractivity contribution in [2.45, 2.75) is 307 Å². The number of hydrogen-bond acceptors (Lipinski definition) is 0. The molecule has 354 valence electrons. The molecule has 0 spiro atoms. The first-order valence-corrected chi connectivity index (χ1v) is 24.7. The molecular formula is C56H120N2. The second-order valence-electron chi connectivity index (χ2n) is 24.7. The lowest BCUT2D eigenvalue weighted by atomic mass is 9.91. The van der Waals surface area contributed by atoms with Gasteiger partial charge in [-0.2, -0.15) is 0 Å². The van der Waals surface area contributed by atoms with Gasteiger partial charge in [-0.15, -0.1) is 0 Å². The highest BCUT2D eigenvalue weighted by atomic mass is 14.8. The summed E-state index contributed by atoms with van der Waals surface area (Å²) in [5, 5.41) is 0. The van der Waals surface area contributed by atoms with Crippen molar-refractivity contribution in [3.63, 3.8) is 0 Å². The molecule has 58 heavy (non-hydrogen) atoms. The molecule has 0 aliphatic heterocycles. The minimum atomic E-state index is -0.167. The summed E-state index contributed by atoms with van der Waals surface area (Å²) in [5.74, 6) is 4.90. The van der Waals surface area contributed by atoms with Crippen LogP contribution < -0.4 is 0 Å². The summed E-state index contributed by atoms with van der Waals surface area (Å²) in [6.07, 6.45) is 24.3. The molecule has 2 heteroatoms. The molecule has 3 aliphatic carbocycles. The van der Waals surface area contributed by atoms with Crippen molar-refractivity contribution in [1.82, 2.24) is 0 Å². The Morgan fingerprint density at radius 3 is 0.759 bits per heavy atom. The van der Waals surface area contributed by atoms with Crippen molar-refractivity contribution in [3.8, 4) is 0 Å². The van der Waals surface area contributed by atoms with Gasteiger partial charge in [0.25, 0.3) is 0 Å². The number of hydrogen-bond donors (Lipinski definition) is 0. The quantitative estimate of drug-likeness (QED) is 0.251. The molecule has 0 saturated heterocycles. The van der Waals surface area contributed by atoms with Crippen molar-refractivity contribution < 1.29 is 0 Å².